The summed E-state index contributed by atoms with van der Waals surface area (Å²) in [6.45, 7) is 3.05. The van der Waals surface area contributed by atoms with Crippen molar-refractivity contribution in [2.45, 2.75) is 17.7 Å². The Kier molecular flexibility index (Phi) is 5.42. The van der Waals surface area contributed by atoms with Gasteiger partial charge in [-0.3, -0.25) is 4.79 Å². The molecule has 0 aromatic heterocycles. The molecule has 1 unspecified atom stereocenters. The Morgan fingerprint density at radius 1 is 1.36 bits per heavy atom. The molecule has 0 spiro atoms. The van der Waals surface area contributed by atoms with Gasteiger partial charge in [-0.2, -0.15) is 0 Å². The van der Waals surface area contributed by atoms with Gasteiger partial charge in [-0.25, -0.2) is 8.42 Å². The second kappa shape index (κ2) is 7.11. The summed E-state index contributed by atoms with van der Waals surface area (Å²) >= 11 is 0. The minimum atomic E-state index is -3.17. The SMILES string of the molecule is CS(=O)(=O)c1ccc(OCCCN2CCC(C(N)=O)C2)cc1. The zero-order valence-electron chi connectivity index (χ0n) is 12.7. The van der Waals surface area contributed by atoms with Crippen LogP contribution in [0.4, 0.5) is 0 Å². The minimum absolute atomic E-state index is 0.0237. The van der Waals surface area contributed by atoms with Crippen LogP contribution in [0.5, 0.6) is 5.75 Å². The Balaban J connectivity index is 1.70. The molecular weight excluding hydrogens is 304 g/mol. The standard InChI is InChI=1S/C15H22N2O4S/c1-22(19,20)14-5-3-13(4-6-14)21-10-2-8-17-9-7-12(11-17)15(16)18/h3-6,12H,2,7-11H2,1H3,(H2,16,18). The van der Waals surface area contributed by atoms with E-state index in [-0.39, 0.29) is 16.7 Å². The summed E-state index contributed by atoms with van der Waals surface area (Å²) in [7, 11) is -3.17. The lowest BCUT2D eigenvalue weighted by Crippen LogP contribution is -2.28. The molecule has 122 valence electrons. The number of hydrogen-bond acceptors (Lipinski definition) is 5. The number of carbonyl (C=O) groups is 1. The average Bonchev–Trinajstić information content (AvgIpc) is 2.92. The molecule has 1 amide bonds. The summed E-state index contributed by atoms with van der Waals surface area (Å²) in [5.74, 6) is 0.415. The first kappa shape index (κ1) is 16.8. The third-order valence-electron chi connectivity index (χ3n) is 3.81. The Labute approximate surface area is 131 Å². The largest absolute Gasteiger partial charge is 0.494 e. The quantitative estimate of drug-likeness (QED) is 0.744. The molecule has 1 saturated heterocycles. The summed E-state index contributed by atoms with van der Waals surface area (Å²) in [5, 5.41) is 0. The number of benzene rings is 1. The molecule has 2 N–H and O–H groups in total. The number of nitrogens with zero attached hydrogens (tertiary/aromatic N) is 1. The molecule has 0 radical (unpaired) electrons. The van der Waals surface area contributed by atoms with E-state index in [1.807, 2.05) is 0 Å². The van der Waals surface area contributed by atoms with Gasteiger partial charge in [-0.1, -0.05) is 0 Å². The van der Waals surface area contributed by atoms with Crippen LogP contribution in [-0.2, 0) is 14.6 Å². The number of ether oxygens (including phenoxy) is 1. The zero-order chi connectivity index (χ0) is 16.2. The van der Waals surface area contributed by atoms with E-state index < -0.39 is 9.84 Å². The fourth-order valence-corrected chi connectivity index (χ4v) is 3.16. The predicted octanol–water partition coefficient (Wildman–Crippen LogP) is 0.666. The molecule has 1 fully saturated rings. The molecule has 1 heterocycles. The van der Waals surface area contributed by atoms with Crippen molar-refractivity contribution < 1.29 is 17.9 Å². The van der Waals surface area contributed by atoms with E-state index in [2.05, 4.69) is 4.90 Å². The van der Waals surface area contributed by atoms with Gasteiger partial charge in [0.05, 0.1) is 17.4 Å². The maximum Gasteiger partial charge on any atom is 0.221 e. The molecule has 2 rings (SSSR count). The zero-order valence-corrected chi connectivity index (χ0v) is 13.5. The smallest absolute Gasteiger partial charge is 0.221 e. The number of nitrogens with two attached hydrogens (primary N) is 1. The van der Waals surface area contributed by atoms with Crippen molar-refractivity contribution in [2.24, 2.45) is 11.7 Å². The predicted molar refractivity (Wildman–Crippen MR) is 83.4 cm³/mol. The van der Waals surface area contributed by atoms with Crippen molar-refractivity contribution in [3.8, 4) is 5.75 Å². The van der Waals surface area contributed by atoms with E-state index >= 15 is 0 Å². The first-order chi connectivity index (χ1) is 10.4. The van der Waals surface area contributed by atoms with E-state index in [1.165, 1.54) is 6.26 Å². The molecule has 0 aliphatic carbocycles. The number of likely N-dealkylation sites (tertiary alicyclic amines) is 1. The van der Waals surface area contributed by atoms with Gasteiger partial charge in [0.1, 0.15) is 5.75 Å². The highest BCUT2D eigenvalue weighted by atomic mass is 32.2. The highest BCUT2D eigenvalue weighted by Gasteiger charge is 2.25. The number of amides is 1. The van der Waals surface area contributed by atoms with Crippen LogP contribution in [-0.4, -0.2) is 51.7 Å². The van der Waals surface area contributed by atoms with Gasteiger partial charge < -0.3 is 15.4 Å². The van der Waals surface area contributed by atoms with Crippen molar-refractivity contribution >= 4 is 15.7 Å². The van der Waals surface area contributed by atoms with Gasteiger partial charge in [-0.05, 0) is 43.7 Å². The number of primary amides is 1. The van der Waals surface area contributed by atoms with E-state index in [0.717, 1.165) is 32.5 Å². The van der Waals surface area contributed by atoms with Crippen molar-refractivity contribution in [2.75, 3.05) is 32.5 Å². The normalized spacial score (nSPS) is 19.2. The maximum absolute atomic E-state index is 11.3. The minimum Gasteiger partial charge on any atom is -0.494 e. The first-order valence-corrected chi connectivity index (χ1v) is 9.20. The molecule has 1 aliphatic heterocycles. The van der Waals surface area contributed by atoms with Crippen LogP contribution in [0.15, 0.2) is 29.2 Å². The summed E-state index contributed by atoms with van der Waals surface area (Å²) < 4.78 is 28.3. The monoisotopic (exact) mass is 326 g/mol. The van der Waals surface area contributed by atoms with E-state index in [4.69, 9.17) is 10.5 Å². The van der Waals surface area contributed by atoms with E-state index in [0.29, 0.717) is 12.4 Å². The molecule has 1 atom stereocenters. The van der Waals surface area contributed by atoms with Crippen LogP contribution >= 0.6 is 0 Å². The van der Waals surface area contributed by atoms with Crippen LogP contribution in [0.1, 0.15) is 12.8 Å². The topological polar surface area (TPSA) is 89.7 Å². The van der Waals surface area contributed by atoms with Gasteiger partial charge in [0.2, 0.25) is 5.91 Å². The summed E-state index contributed by atoms with van der Waals surface area (Å²) in [6, 6.07) is 6.41. The Morgan fingerprint density at radius 2 is 2.05 bits per heavy atom. The van der Waals surface area contributed by atoms with E-state index in [1.54, 1.807) is 24.3 Å². The van der Waals surface area contributed by atoms with E-state index in [9.17, 15) is 13.2 Å². The van der Waals surface area contributed by atoms with Gasteiger partial charge >= 0.3 is 0 Å². The van der Waals surface area contributed by atoms with Crippen molar-refractivity contribution in [3.63, 3.8) is 0 Å². The number of hydrogen-bond donors (Lipinski definition) is 1. The van der Waals surface area contributed by atoms with Crippen molar-refractivity contribution in [1.29, 1.82) is 0 Å². The van der Waals surface area contributed by atoms with Crippen LogP contribution in [0.25, 0.3) is 0 Å². The van der Waals surface area contributed by atoms with Gasteiger partial charge in [0, 0.05) is 19.3 Å². The number of sulfone groups is 1. The third kappa shape index (κ3) is 4.71. The fourth-order valence-electron chi connectivity index (χ4n) is 2.53. The van der Waals surface area contributed by atoms with Crippen LogP contribution in [0.3, 0.4) is 0 Å². The summed E-state index contributed by atoms with van der Waals surface area (Å²) in [4.78, 5) is 13.6. The van der Waals surface area contributed by atoms with Gasteiger partial charge in [0.15, 0.2) is 9.84 Å². The Bertz CT molecular complexity index is 613. The van der Waals surface area contributed by atoms with Crippen molar-refractivity contribution in [1.82, 2.24) is 4.90 Å². The lowest BCUT2D eigenvalue weighted by molar-refractivity contribution is -0.121. The fraction of sp³-hybridized carbons (Fsp3) is 0.533. The third-order valence-corrected chi connectivity index (χ3v) is 4.94. The highest BCUT2D eigenvalue weighted by molar-refractivity contribution is 7.90. The Morgan fingerprint density at radius 3 is 2.59 bits per heavy atom. The van der Waals surface area contributed by atoms with Crippen LogP contribution < -0.4 is 10.5 Å². The molecule has 0 bridgehead atoms. The first-order valence-electron chi connectivity index (χ1n) is 7.31. The maximum atomic E-state index is 11.3. The lowest BCUT2D eigenvalue weighted by Gasteiger charge is -2.15. The van der Waals surface area contributed by atoms with Crippen molar-refractivity contribution in [3.05, 3.63) is 24.3 Å². The Hall–Kier alpha value is -1.60. The molecule has 1 aromatic carbocycles. The molecule has 0 saturated carbocycles. The second-order valence-electron chi connectivity index (χ2n) is 5.63. The second-order valence-corrected chi connectivity index (χ2v) is 7.65. The van der Waals surface area contributed by atoms with Gasteiger partial charge in [-0.15, -0.1) is 0 Å². The van der Waals surface area contributed by atoms with Gasteiger partial charge in [0.25, 0.3) is 0 Å². The number of carbonyl (C=O) groups excluding carboxylic acids is 1. The molecule has 1 aromatic rings. The molecule has 1 aliphatic rings. The molecule has 22 heavy (non-hydrogen) atoms. The lowest BCUT2D eigenvalue weighted by atomic mass is 10.1. The summed E-state index contributed by atoms with van der Waals surface area (Å²) in [6.07, 6.45) is 2.86. The average molecular weight is 326 g/mol. The molecule has 7 heteroatoms. The van der Waals surface area contributed by atoms with Crippen LogP contribution in [0.2, 0.25) is 0 Å². The molecular formula is C15H22N2O4S. The number of rotatable bonds is 7. The van der Waals surface area contributed by atoms with Crippen LogP contribution in [0, 0.1) is 5.92 Å². The summed E-state index contributed by atoms with van der Waals surface area (Å²) in [5.41, 5.74) is 5.30. The highest BCUT2D eigenvalue weighted by Crippen LogP contribution is 2.17. The molecule has 6 nitrogen and oxygen atoms in total.